The first kappa shape index (κ1) is 29.5. The van der Waals surface area contributed by atoms with Gasteiger partial charge in [0, 0.05) is 41.7 Å². The molecule has 0 radical (unpaired) electrons. The summed E-state index contributed by atoms with van der Waals surface area (Å²) >= 11 is 0. The molecule has 36 heavy (non-hydrogen) atoms. The van der Waals surface area contributed by atoms with E-state index in [-0.39, 0.29) is 47.7 Å². The third kappa shape index (κ3) is 6.93. The van der Waals surface area contributed by atoms with Gasteiger partial charge in [0.1, 0.15) is 11.5 Å². The Labute approximate surface area is 231 Å². The Morgan fingerprint density at radius 2 is 1.61 bits per heavy atom. The topological polar surface area (TPSA) is 129 Å². The average Bonchev–Trinajstić information content (AvgIpc) is 3.14. The number of hydrogen-bond acceptors (Lipinski definition) is 5. The molecule has 3 rings (SSSR count). The van der Waals surface area contributed by atoms with Crippen LogP contribution in [0.1, 0.15) is 48.9 Å². The van der Waals surface area contributed by atoms with E-state index in [0.717, 1.165) is 5.56 Å². The normalized spacial score (nSPS) is 12.9. The SMILES string of the molecule is CC(C)n1c(C=C[C@@H](O)C[C@@H](O)CC(=O)[O-])c(-c2ccc(F)cc2)c(-c2ccccc2)c1C(N)=O.[Na+]. The molecule has 0 bridgehead atoms. The minimum atomic E-state index is -1.42. The summed E-state index contributed by atoms with van der Waals surface area (Å²) < 4.78 is 15.5. The Balaban J connectivity index is 0.00000456. The van der Waals surface area contributed by atoms with Crippen LogP contribution in [-0.4, -0.2) is 38.9 Å². The number of aliphatic hydroxyl groups is 2. The zero-order valence-corrected chi connectivity index (χ0v) is 22.5. The number of carboxylic acid groups (broad SMARTS) is 1. The number of hydrogen-bond donors (Lipinski definition) is 3. The van der Waals surface area contributed by atoms with Gasteiger partial charge in [0.05, 0.1) is 12.2 Å². The second-order valence-electron chi connectivity index (χ2n) is 8.58. The summed E-state index contributed by atoms with van der Waals surface area (Å²) in [6, 6.07) is 14.8. The monoisotopic (exact) mass is 502 g/mol. The maximum atomic E-state index is 13.7. The molecule has 0 fully saturated rings. The molecular weight excluding hydrogens is 474 g/mol. The predicted octanol–water partition coefficient (Wildman–Crippen LogP) is -0.0899. The van der Waals surface area contributed by atoms with Crippen molar-refractivity contribution in [2.24, 2.45) is 5.73 Å². The zero-order chi connectivity index (χ0) is 25.7. The second-order valence-corrected chi connectivity index (χ2v) is 8.58. The molecule has 2 atom stereocenters. The van der Waals surface area contributed by atoms with E-state index in [0.29, 0.717) is 22.4 Å². The molecule has 4 N–H and O–H groups in total. The van der Waals surface area contributed by atoms with Crippen LogP contribution in [-0.2, 0) is 4.79 Å². The molecule has 0 unspecified atom stereocenters. The van der Waals surface area contributed by atoms with Crippen molar-refractivity contribution >= 4 is 18.0 Å². The van der Waals surface area contributed by atoms with Gasteiger partial charge in [-0.2, -0.15) is 0 Å². The fourth-order valence-corrected chi connectivity index (χ4v) is 4.18. The Morgan fingerprint density at radius 1 is 1.03 bits per heavy atom. The van der Waals surface area contributed by atoms with E-state index in [2.05, 4.69) is 0 Å². The Hall–Kier alpha value is -2.75. The Bertz CT molecular complexity index is 1220. The predicted molar refractivity (Wildman–Crippen MR) is 129 cm³/mol. The van der Waals surface area contributed by atoms with Gasteiger partial charge in [-0.05, 0) is 43.2 Å². The molecule has 1 amide bonds. The molecule has 0 aliphatic carbocycles. The van der Waals surface area contributed by atoms with Crippen LogP contribution in [0, 0.1) is 5.82 Å². The molecule has 184 valence electrons. The van der Waals surface area contributed by atoms with Gasteiger partial charge in [-0.25, -0.2) is 4.39 Å². The van der Waals surface area contributed by atoms with Crippen molar-refractivity contribution in [3.8, 4) is 22.3 Å². The summed E-state index contributed by atoms with van der Waals surface area (Å²) in [4.78, 5) is 23.4. The van der Waals surface area contributed by atoms with Crippen molar-refractivity contribution in [3.05, 3.63) is 77.9 Å². The molecule has 9 heteroatoms. The van der Waals surface area contributed by atoms with Crippen LogP contribution < -0.4 is 40.4 Å². The molecule has 0 saturated carbocycles. The first-order valence-electron chi connectivity index (χ1n) is 11.2. The summed E-state index contributed by atoms with van der Waals surface area (Å²) in [5, 5.41) is 31.0. The van der Waals surface area contributed by atoms with Crippen LogP contribution in [0.2, 0.25) is 0 Å². The molecule has 2 aromatic carbocycles. The van der Waals surface area contributed by atoms with Gasteiger partial charge < -0.3 is 30.4 Å². The number of nitrogens with zero attached hydrogens (tertiary/aromatic N) is 1. The first-order valence-corrected chi connectivity index (χ1v) is 11.2. The van der Waals surface area contributed by atoms with Gasteiger partial charge in [-0.15, -0.1) is 0 Å². The average molecular weight is 503 g/mol. The zero-order valence-electron chi connectivity index (χ0n) is 20.5. The van der Waals surface area contributed by atoms with Crippen molar-refractivity contribution in [1.82, 2.24) is 4.57 Å². The van der Waals surface area contributed by atoms with Gasteiger partial charge in [-0.1, -0.05) is 48.5 Å². The van der Waals surface area contributed by atoms with Crippen molar-refractivity contribution in [2.75, 3.05) is 0 Å². The summed E-state index contributed by atoms with van der Waals surface area (Å²) in [5.74, 6) is -2.48. The van der Waals surface area contributed by atoms with E-state index < -0.39 is 36.3 Å². The smallest absolute Gasteiger partial charge is 0.550 e. The number of nitrogens with two attached hydrogens (primary N) is 1. The number of rotatable bonds is 10. The number of aliphatic carboxylic acids is 1. The standard InChI is InChI=1S/C27H29FN2O5.Na/c1-16(2)30-22(13-12-20(31)14-21(32)15-23(33)34)24(18-8-10-19(28)11-9-18)25(26(30)27(29)35)17-6-4-3-5-7-17;/h3-13,16,20-21,31-32H,14-15H2,1-2H3,(H2,29,35)(H,33,34);/q;+1/p-1/t20-,21-;/m1./s1. The van der Waals surface area contributed by atoms with E-state index in [1.54, 1.807) is 22.8 Å². The van der Waals surface area contributed by atoms with E-state index in [9.17, 15) is 29.3 Å². The number of primary amides is 1. The number of aromatic nitrogens is 1. The summed E-state index contributed by atoms with van der Waals surface area (Å²) in [6.45, 7) is 3.76. The Morgan fingerprint density at radius 3 is 2.14 bits per heavy atom. The van der Waals surface area contributed by atoms with Crippen LogP contribution in [0.25, 0.3) is 28.3 Å². The number of carbonyl (C=O) groups is 2. The molecule has 0 aliphatic rings. The number of carbonyl (C=O) groups excluding carboxylic acids is 2. The quantitative estimate of drug-likeness (QED) is 0.334. The molecule has 0 aliphatic heterocycles. The molecule has 1 aromatic heterocycles. The van der Waals surface area contributed by atoms with E-state index >= 15 is 0 Å². The van der Waals surface area contributed by atoms with Crippen LogP contribution in [0.3, 0.4) is 0 Å². The van der Waals surface area contributed by atoms with E-state index in [1.807, 2.05) is 44.2 Å². The van der Waals surface area contributed by atoms with Crippen LogP contribution in [0.4, 0.5) is 4.39 Å². The number of amides is 1. The third-order valence-corrected chi connectivity index (χ3v) is 5.58. The van der Waals surface area contributed by atoms with Gasteiger partial charge in [-0.3, -0.25) is 4.79 Å². The van der Waals surface area contributed by atoms with Crippen molar-refractivity contribution in [1.29, 1.82) is 0 Å². The molecule has 3 aromatic rings. The summed E-state index contributed by atoms with van der Waals surface area (Å²) in [7, 11) is 0. The van der Waals surface area contributed by atoms with Gasteiger partial charge in [0.2, 0.25) is 0 Å². The van der Waals surface area contributed by atoms with Gasteiger partial charge in [0.15, 0.2) is 0 Å². The van der Waals surface area contributed by atoms with Crippen LogP contribution in [0.15, 0.2) is 60.7 Å². The maximum Gasteiger partial charge on any atom is 1.00 e. The fourth-order valence-electron chi connectivity index (χ4n) is 4.18. The van der Waals surface area contributed by atoms with Crippen LogP contribution >= 0.6 is 0 Å². The van der Waals surface area contributed by atoms with Crippen molar-refractivity contribution in [3.63, 3.8) is 0 Å². The molecular formula is C27H28FN2NaO5. The summed E-state index contributed by atoms with van der Waals surface area (Å²) in [6.07, 6.45) is -0.245. The molecule has 0 spiro atoms. The number of carboxylic acids is 1. The molecule has 1 heterocycles. The van der Waals surface area contributed by atoms with E-state index in [4.69, 9.17) is 5.73 Å². The largest absolute Gasteiger partial charge is 1.00 e. The minimum Gasteiger partial charge on any atom is -0.550 e. The van der Waals surface area contributed by atoms with Crippen molar-refractivity contribution < 1.29 is 58.9 Å². The first-order chi connectivity index (χ1) is 16.6. The minimum absolute atomic E-state index is 0. The maximum absolute atomic E-state index is 13.7. The Kier molecular flexibility index (Phi) is 10.6. The number of benzene rings is 2. The number of halogens is 1. The second kappa shape index (κ2) is 13.0. The third-order valence-electron chi connectivity index (χ3n) is 5.58. The van der Waals surface area contributed by atoms with Gasteiger partial charge >= 0.3 is 29.6 Å². The molecule has 7 nitrogen and oxygen atoms in total. The van der Waals surface area contributed by atoms with E-state index in [1.165, 1.54) is 18.2 Å². The van der Waals surface area contributed by atoms with Crippen LogP contribution in [0.5, 0.6) is 0 Å². The molecule has 0 saturated heterocycles. The summed E-state index contributed by atoms with van der Waals surface area (Å²) in [5.41, 5.74) is 9.23. The number of aliphatic hydroxyl groups excluding tert-OH is 2. The fraction of sp³-hybridized carbons (Fsp3) is 0.259. The van der Waals surface area contributed by atoms with Crippen molar-refractivity contribution in [2.45, 2.75) is 44.9 Å². The van der Waals surface area contributed by atoms with Gasteiger partial charge in [0.25, 0.3) is 5.91 Å².